The second-order valence-electron chi connectivity index (χ2n) is 5.78. The first-order chi connectivity index (χ1) is 10.1. The van der Waals surface area contributed by atoms with Gasteiger partial charge >= 0.3 is 0 Å². The minimum absolute atomic E-state index is 0.0958. The van der Waals surface area contributed by atoms with Crippen LogP contribution in [0.15, 0.2) is 24.3 Å². The molecule has 0 unspecified atom stereocenters. The lowest BCUT2D eigenvalue weighted by molar-refractivity contribution is -0.120. The highest BCUT2D eigenvalue weighted by atomic mass is 16.5. The van der Waals surface area contributed by atoms with Gasteiger partial charge < -0.3 is 14.5 Å². The maximum Gasteiger partial charge on any atom is 0.193 e. The quantitative estimate of drug-likeness (QED) is 0.856. The molecule has 0 amide bonds. The Morgan fingerprint density at radius 2 is 2.29 bits per heavy atom. The van der Waals surface area contributed by atoms with Crippen LogP contribution in [0.1, 0.15) is 23.8 Å². The first-order valence-electron chi connectivity index (χ1n) is 6.83. The van der Waals surface area contributed by atoms with Crippen LogP contribution in [0.4, 0.5) is 0 Å². The van der Waals surface area contributed by atoms with Crippen LogP contribution >= 0.6 is 0 Å². The fourth-order valence-electron chi connectivity index (χ4n) is 2.30. The summed E-state index contributed by atoms with van der Waals surface area (Å²) in [6.07, 6.45) is -0.117. The van der Waals surface area contributed by atoms with E-state index in [1.54, 1.807) is 6.07 Å². The second-order valence-corrected chi connectivity index (χ2v) is 5.78. The second kappa shape index (κ2) is 5.23. The summed E-state index contributed by atoms with van der Waals surface area (Å²) < 4.78 is 11.0. The Morgan fingerprint density at radius 1 is 1.48 bits per heavy atom. The molecular weight excluding hydrogens is 268 g/mol. The molecule has 108 valence electrons. The molecule has 0 saturated carbocycles. The minimum atomic E-state index is -0.199. The SMILES string of the molecule is CC1(COc2ccc3cc(C(=O)CC#N)[nH]c3c2)COC1. The zero-order valence-corrected chi connectivity index (χ0v) is 11.8. The Balaban J connectivity index is 1.76. The number of fused-ring (bicyclic) bond motifs is 1. The number of carbonyl (C=O) groups excluding carboxylic acids is 1. The topological polar surface area (TPSA) is 75.1 Å². The molecule has 0 radical (unpaired) electrons. The van der Waals surface area contributed by atoms with Crippen molar-refractivity contribution in [1.29, 1.82) is 5.26 Å². The lowest BCUT2D eigenvalue weighted by atomic mass is 9.90. The van der Waals surface area contributed by atoms with Gasteiger partial charge in [-0.05, 0) is 18.2 Å². The number of nitrogens with one attached hydrogen (secondary N) is 1. The first kappa shape index (κ1) is 13.7. The van der Waals surface area contributed by atoms with Gasteiger partial charge in [-0.15, -0.1) is 0 Å². The molecule has 2 heterocycles. The molecule has 1 aromatic carbocycles. The number of ether oxygens (including phenoxy) is 2. The number of nitriles is 1. The van der Waals surface area contributed by atoms with E-state index in [-0.39, 0.29) is 17.6 Å². The van der Waals surface area contributed by atoms with Gasteiger partial charge in [0, 0.05) is 22.4 Å². The van der Waals surface area contributed by atoms with Crippen LogP contribution in [0.25, 0.3) is 10.9 Å². The van der Waals surface area contributed by atoms with Gasteiger partial charge in [0.1, 0.15) is 12.2 Å². The minimum Gasteiger partial charge on any atom is -0.493 e. The van der Waals surface area contributed by atoms with Gasteiger partial charge in [0.2, 0.25) is 0 Å². The van der Waals surface area contributed by atoms with Gasteiger partial charge in [-0.1, -0.05) is 6.92 Å². The molecule has 1 aliphatic heterocycles. The number of nitrogens with zero attached hydrogens (tertiary/aromatic N) is 1. The van der Waals surface area contributed by atoms with Crippen molar-refractivity contribution in [2.75, 3.05) is 19.8 Å². The third-order valence-corrected chi connectivity index (χ3v) is 3.62. The summed E-state index contributed by atoms with van der Waals surface area (Å²) >= 11 is 0. The highest BCUT2D eigenvalue weighted by Crippen LogP contribution is 2.28. The van der Waals surface area contributed by atoms with E-state index < -0.39 is 0 Å². The average Bonchev–Trinajstić information content (AvgIpc) is 2.86. The molecule has 1 fully saturated rings. The van der Waals surface area contributed by atoms with Crippen molar-refractivity contribution in [3.8, 4) is 11.8 Å². The first-order valence-corrected chi connectivity index (χ1v) is 6.83. The smallest absolute Gasteiger partial charge is 0.193 e. The van der Waals surface area contributed by atoms with Crippen molar-refractivity contribution < 1.29 is 14.3 Å². The van der Waals surface area contributed by atoms with Crippen LogP contribution in [-0.4, -0.2) is 30.6 Å². The monoisotopic (exact) mass is 284 g/mol. The number of hydrogen-bond donors (Lipinski definition) is 1. The Labute approximate surface area is 122 Å². The summed E-state index contributed by atoms with van der Waals surface area (Å²) in [5.41, 5.74) is 1.39. The van der Waals surface area contributed by atoms with E-state index in [0.717, 1.165) is 29.9 Å². The highest BCUT2D eigenvalue weighted by molar-refractivity contribution is 6.00. The van der Waals surface area contributed by atoms with Gasteiger partial charge in [-0.2, -0.15) is 5.26 Å². The van der Waals surface area contributed by atoms with Crippen molar-refractivity contribution in [3.63, 3.8) is 0 Å². The normalized spacial score (nSPS) is 16.2. The fraction of sp³-hybridized carbons (Fsp3) is 0.375. The summed E-state index contributed by atoms with van der Waals surface area (Å²) in [6.45, 7) is 4.19. The number of Topliss-reactive ketones (excluding diaryl/α,β-unsaturated/α-hetero) is 1. The van der Waals surface area contributed by atoms with Crippen molar-refractivity contribution in [3.05, 3.63) is 30.0 Å². The molecule has 5 nitrogen and oxygen atoms in total. The Hall–Kier alpha value is -2.32. The number of benzene rings is 1. The van der Waals surface area contributed by atoms with Crippen molar-refractivity contribution in [2.45, 2.75) is 13.3 Å². The molecule has 0 bridgehead atoms. The molecular formula is C16H16N2O3. The number of aromatic amines is 1. The third kappa shape index (κ3) is 2.76. The molecule has 1 N–H and O–H groups in total. The van der Waals surface area contributed by atoms with Gasteiger partial charge in [0.05, 0.1) is 31.6 Å². The summed E-state index contributed by atoms with van der Waals surface area (Å²) in [5, 5.41) is 9.51. The molecule has 3 rings (SSSR count). The lowest BCUT2D eigenvalue weighted by Gasteiger charge is -2.37. The Bertz CT molecular complexity index is 723. The molecule has 21 heavy (non-hydrogen) atoms. The summed E-state index contributed by atoms with van der Waals surface area (Å²) in [4.78, 5) is 14.7. The number of carbonyl (C=O) groups is 1. The zero-order valence-electron chi connectivity index (χ0n) is 11.8. The van der Waals surface area contributed by atoms with Crippen LogP contribution in [0.2, 0.25) is 0 Å². The highest BCUT2D eigenvalue weighted by Gasteiger charge is 2.34. The maximum atomic E-state index is 11.7. The molecule has 1 aromatic heterocycles. The number of aromatic nitrogens is 1. The number of H-pyrrole nitrogens is 1. The Kier molecular flexibility index (Phi) is 3.40. The van der Waals surface area contributed by atoms with E-state index in [2.05, 4.69) is 11.9 Å². The predicted octanol–water partition coefficient (Wildman–Crippen LogP) is 2.68. The standard InChI is InChI=1S/C16H16N2O3/c1-16(8-20-9-16)10-21-12-3-2-11-6-14(15(19)4-5-17)18-13(11)7-12/h2-3,6-7,18H,4,8-10H2,1H3. The van der Waals surface area contributed by atoms with Crippen molar-refractivity contribution >= 4 is 16.7 Å². The predicted molar refractivity (Wildman–Crippen MR) is 77.3 cm³/mol. The van der Waals surface area contributed by atoms with E-state index >= 15 is 0 Å². The molecule has 2 aromatic rings. The van der Waals surface area contributed by atoms with Crippen LogP contribution in [0, 0.1) is 16.7 Å². The number of ketones is 1. The van der Waals surface area contributed by atoms with Gasteiger partial charge in [0.25, 0.3) is 0 Å². The summed E-state index contributed by atoms with van der Waals surface area (Å²) in [5.74, 6) is 0.562. The molecule has 5 heteroatoms. The van der Waals surface area contributed by atoms with E-state index in [1.807, 2.05) is 24.3 Å². The van der Waals surface area contributed by atoms with Gasteiger partial charge in [0.15, 0.2) is 5.78 Å². The molecule has 1 saturated heterocycles. The molecule has 0 atom stereocenters. The average molecular weight is 284 g/mol. The van der Waals surface area contributed by atoms with E-state index in [1.165, 1.54) is 0 Å². The zero-order chi connectivity index (χ0) is 14.9. The van der Waals surface area contributed by atoms with E-state index in [9.17, 15) is 4.79 Å². The van der Waals surface area contributed by atoms with Crippen molar-refractivity contribution in [2.24, 2.45) is 5.41 Å². The lowest BCUT2D eigenvalue weighted by Crippen LogP contribution is -2.44. The summed E-state index contributed by atoms with van der Waals surface area (Å²) in [7, 11) is 0. The van der Waals surface area contributed by atoms with E-state index in [4.69, 9.17) is 14.7 Å². The van der Waals surface area contributed by atoms with Crippen LogP contribution in [0.3, 0.4) is 0 Å². The van der Waals surface area contributed by atoms with Crippen LogP contribution in [0.5, 0.6) is 5.75 Å². The maximum absolute atomic E-state index is 11.7. The number of rotatable bonds is 5. The molecule has 1 aliphatic rings. The Morgan fingerprint density at radius 3 is 2.95 bits per heavy atom. The number of hydrogen-bond acceptors (Lipinski definition) is 4. The van der Waals surface area contributed by atoms with Crippen LogP contribution < -0.4 is 4.74 Å². The fourth-order valence-corrected chi connectivity index (χ4v) is 2.30. The van der Waals surface area contributed by atoms with Gasteiger partial charge in [-0.3, -0.25) is 4.79 Å². The van der Waals surface area contributed by atoms with Crippen molar-refractivity contribution in [1.82, 2.24) is 4.98 Å². The third-order valence-electron chi connectivity index (χ3n) is 3.62. The van der Waals surface area contributed by atoms with Crippen LogP contribution in [-0.2, 0) is 4.74 Å². The molecule has 0 aliphatic carbocycles. The van der Waals surface area contributed by atoms with E-state index in [0.29, 0.717) is 12.3 Å². The largest absolute Gasteiger partial charge is 0.493 e. The molecule has 0 spiro atoms. The van der Waals surface area contributed by atoms with Gasteiger partial charge in [-0.25, -0.2) is 0 Å². The summed E-state index contributed by atoms with van der Waals surface area (Å²) in [6, 6.07) is 9.30.